The molecular weight excluding hydrogens is 442 g/mol. The first-order valence-corrected chi connectivity index (χ1v) is 13.5. The largest absolute Gasteiger partial charge is 0.353 e. The molecular formula is C20H33N3O6S2. The molecule has 1 aromatic carbocycles. The number of carbonyl (C=O) groups is 2. The van der Waals surface area contributed by atoms with E-state index < -0.39 is 37.7 Å². The summed E-state index contributed by atoms with van der Waals surface area (Å²) in [7, 11) is -6.95. The molecule has 176 valence electrons. The lowest BCUT2D eigenvalue weighted by Gasteiger charge is -2.22. The zero-order valence-corrected chi connectivity index (χ0v) is 20.3. The van der Waals surface area contributed by atoms with Crippen LogP contribution in [0.2, 0.25) is 0 Å². The van der Waals surface area contributed by atoms with Gasteiger partial charge in [-0.3, -0.25) is 9.59 Å². The summed E-state index contributed by atoms with van der Waals surface area (Å²) in [4.78, 5) is 25.2. The van der Waals surface area contributed by atoms with Crippen LogP contribution in [-0.2, 0) is 24.7 Å². The monoisotopic (exact) mass is 475 g/mol. The van der Waals surface area contributed by atoms with E-state index in [0.29, 0.717) is 13.1 Å². The van der Waals surface area contributed by atoms with E-state index in [0.717, 1.165) is 0 Å². The van der Waals surface area contributed by atoms with E-state index in [9.17, 15) is 26.4 Å². The average molecular weight is 476 g/mol. The third-order valence-electron chi connectivity index (χ3n) is 4.83. The molecule has 1 rings (SSSR count). The van der Waals surface area contributed by atoms with E-state index in [1.807, 2.05) is 0 Å². The fraction of sp³-hybridized carbons (Fsp3) is 0.600. The van der Waals surface area contributed by atoms with E-state index in [1.165, 1.54) is 35.5 Å². The van der Waals surface area contributed by atoms with Crippen molar-refractivity contribution in [3.8, 4) is 0 Å². The number of sulfonamides is 1. The molecule has 0 aliphatic rings. The maximum atomic E-state index is 12.7. The van der Waals surface area contributed by atoms with Gasteiger partial charge in [0.05, 0.1) is 10.6 Å². The first-order chi connectivity index (χ1) is 14.4. The maximum Gasteiger partial charge on any atom is 0.251 e. The topological polar surface area (TPSA) is 130 Å². The summed E-state index contributed by atoms with van der Waals surface area (Å²) in [6.45, 7) is 9.04. The molecule has 31 heavy (non-hydrogen) atoms. The molecule has 9 nitrogen and oxygen atoms in total. The zero-order valence-electron chi connectivity index (χ0n) is 18.7. The first kappa shape index (κ1) is 27.1. The summed E-state index contributed by atoms with van der Waals surface area (Å²) < 4.78 is 49.9. The smallest absolute Gasteiger partial charge is 0.251 e. The molecule has 0 fully saturated rings. The van der Waals surface area contributed by atoms with Gasteiger partial charge in [-0.1, -0.05) is 40.7 Å². The molecule has 0 radical (unpaired) electrons. The van der Waals surface area contributed by atoms with Gasteiger partial charge in [-0.25, -0.2) is 16.8 Å². The Bertz CT molecular complexity index is 970. The Labute approximate surface area is 185 Å². The van der Waals surface area contributed by atoms with Gasteiger partial charge in [0.15, 0.2) is 9.84 Å². The SMILES string of the molecule is CCN(CC)S(=O)(=O)c1cccc(C(=O)NC(C(=O)NCCS(=O)(=O)CC)C(C)C)c1. The van der Waals surface area contributed by atoms with Crippen molar-refractivity contribution in [2.45, 2.75) is 45.6 Å². The van der Waals surface area contributed by atoms with Crippen LogP contribution in [0.15, 0.2) is 29.2 Å². The van der Waals surface area contributed by atoms with Crippen LogP contribution in [0.5, 0.6) is 0 Å². The van der Waals surface area contributed by atoms with Crippen molar-refractivity contribution in [1.29, 1.82) is 0 Å². The number of nitrogens with one attached hydrogen (secondary N) is 2. The quantitative estimate of drug-likeness (QED) is 0.464. The summed E-state index contributed by atoms with van der Waals surface area (Å²) in [5, 5.41) is 5.16. The molecule has 0 spiro atoms. The predicted molar refractivity (Wildman–Crippen MR) is 120 cm³/mol. The lowest BCUT2D eigenvalue weighted by atomic mass is 10.0. The lowest BCUT2D eigenvalue weighted by Crippen LogP contribution is -2.50. The van der Waals surface area contributed by atoms with Gasteiger partial charge in [-0.15, -0.1) is 0 Å². The van der Waals surface area contributed by atoms with Crippen LogP contribution >= 0.6 is 0 Å². The molecule has 1 aromatic rings. The highest BCUT2D eigenvalue weighted by Gasteiger charge is 2.26. The third-order valence-corrected chi connectivity index (χ3v) is 8.58. The Morgan fingerprint density at radius 3 is 2.16 bits per heavy atom. The van der Waals surface area contributed by atoms with E-state index in [2.05, 4.69) is 10.6 Å². The minimum Gasteiger partial charge on any atom is -0.353 e. The zero-order chi connectivity index (χ0) is 23.8. The molecule has 0 bridgehead atoms. The fourth-order valence-electron chi connectivity index (χ4n) is 2.85. The second kappa shape index (κ2) is 11.6. The maximum absolute atomic E-state index is 12.7. The molecule has 11 heteroatoms. The average Bonchev–Trinajstić information content (AvgIpc) is 2.72. The molecule has 0 aliphatic heterocycles. The van der Waals surface area contributed by atoms with Gasteiger partial charge in [0, 0.05) is 31.0 Å². The van der Waals surface area contributed by atoms with Crippen molar-refractivity contribution in [1.82, 2.24) is 14.9 Å². The van der Waals surface area contributed by atoms with Crippen molar-refractivity contribution < 1.29 is 26.4 Å². The third kappa shape index (κ3) is 7.58. The Morgan fingerprint density at radius 1 is 1.03 bits per heavy atom. The van der Waals surface area contributed by atoms with Gasteiger partial charge in [0.2, 0.25) is 15.9 Å². The molecule has 0 heterocycles. The van der Waals surface area contributed by atoms with Gasteiger partial charge >= 0.3 is 0 Å². The Hall–Kier alpha value is -1.98. The van der Waals surface area contributed by atoms with Crippen LogP contribution in [0.1, 0.15) is 45.0 Å². The fourth-order valence-corrected chi connectivity index (χ4v) is 5.06. The molecule has 0 aliphatic carbocycles. The lowest BCUT2D eigenvalue weighted by molar-refractivity contribution is -0.123. The standard InChI is InChI=1S/C20H33N3O6S2/c1-6-23(7-2)31(28,29)17-11-9-10-16(14-17)19(24)22-18(15(4)5)20(25)21-12-13-30(26,27)8-3/h9-11,14-15,18H,6-8,12-13H2,1-5H3,(H,21,25)(H,22,24). The van der Waals surface area contributed by atoms with E-state index in [1.54, 1.807) is 27.7 Å². The van der Waals surface area contributed by atoms with E-state index in [4.69, 9.17) is 0 Å². The van der Waals surface area contributed by atoms with Gasteiger partial charge in [-0.2, -0.15) is 4.31 Å². The first-order valence-electron chi connectivity index (χ1n) is 10.3. The highest BCUT2D eigenvalue weighted by Crippen LogP contribution is 2.17. The normalized spacial score (nSPS) is 13.3. The van der Waals surface area contributed by atoms with Crippen LogP contribution in [0, 0.1) is 5.92 Å². The van der Waals surface area contributed by atoms with Crippen molar-refractivity contribution in [3.05, 3.63) is 29.8 Å². The number of benzene rings is 1. The number of hydrogen-bond donors (Lipinski definition) is 2. The van der Waals surface area contributed by atoms with Crippen molar-refractivity contribution in [2.24, 2.45) is 5.92 Å². The van der Waals surface area contributed by atoms with Crippen LogP contribution < -0.4 is 10.6 Å². The summed E-state index contributed by atoms with van der Waals surface area (Å²) in [5.74, 6) is -1.55. The Morgan fingerprint density at radius 2 is 1.65 bits per heavy atom. The summed E-state index contributed by atoms with van der Waals surface area (Å²) in [6, 6.07) is 4.75. The number of nitrogens with zero attached hydrogens (tertiary/aromatic N) is 1. The second-order valence-electron chi connectivity index (χ2n) is 7.34. The number of rotatable bonds is 12. The van der Waals surface area contributed by atoms with Crippen LogP contribution in [0.25, 0.3) is 0 Å². The molecule has 0 aromatic heterocycles. The Balaban J connectivity index is 2.97. The van der Waals surface area contributed by atoms with Gasteiger partial charge in [0.25, 0.3) is 5.91 Å². The molecule has 1 atom stereocenters. The molecule has 0 saturated heterocycles. The number of carbonyl (C=O) groups excluding carboxylic acids is 2. The van der Waals surface area contributed by atoms with Crippen molar-refractivity contribution in [2.75, 3.05) is 31.1 Å². The number of sulfone groups is 1. The van der Waals surface area contributed by atoms with Crippen LogP contribution in [0.4, 0.5) is 0 Å². The molecule has 1 unspecified atom stereocenters. The summed E-state index contributed by atoms with van der Waals surface area (Å²) >= 11 is 0. The van der Waals surface area contributed by atoms with E-state index in [-0.39, 0.29) is 34.4 Å². The minimum atomic E-state index is -3.73. The minimum absolute atomic E-state index is 0.000768. The Kier molecular flexibility index (Phi) is 10.1. The number of amides is 2. The van der Waals surface area contributed by atoms with Crippen LogP contribution in [-0.4, -0.2) is 70.1 Å². The predicted octanol–water partition coefficient (Wildman–Crippen LogP) is 1.02. The summed E-state index contributed by atoms with van der Waals surface area (Å²) in [6.07, 6.45) is 0. The van der Waals surface area contributed by atoms with Gasteiger partial charge < -0.3 is 10.6 Å². The highest BCUT2D eigenvalue weighted by molar-refractivity contribution is 7.91. The molecule has 2 amide bonds. The summed E-state index contributed by atoms with van der Waals surface area (Å²) in [5.41, 5.74) is 0.111. The number of hydrogen-bond acceptors (Lipinski definition) is 6. The van der Waals surface area contributed by atoms with Crippen molar-refractivity contribution >= 4 is 31.7 Å². The van der Waals surface area contributed by atoms with Gasteiger partial charge in [0.1, 0.15) is 6.04 Å². The molecule has 2 N–H and O–H groups in total. The van der Waals surface area contributed by atoms with Gasteiger partial charge in [-0.05, 0) is 24.1 Å². The van der Waals surface area contributed by atoms with E-state index >= 15 is 0 Å². The highest BCUT2D eigenvalue weighted by atomic mass is 32.2. The van der Waals surface area contributed by atoms with Crippen molar-refractivity contribution in [3.63, 3.8) is 0 Å². The second-order valence-corrected chi connectivity index (χ2v) is 11.8. The molecule has 0 saturated carbocycles. The van der Waals surface area contributed by atoms with Crippen LogP contribution in [0.3, 0.4) is 0 Å².